The van der Waals surface area contributed by atoms with E-state index in [1.165, 1.54) is 11.0 Å². The average Bonchev–Trinajstić information content (AvgIpc) is 2.64. The summed E-state index contributed by atoms with van der Waals surface area (Å²) in [6.07, 6.45) is 0. The third-order valence-corrected chi connectivity index (χ3v) is 4.63. The number of thioether (sulfide) groups is 1. The lowest BCUT2D eigenvalue weighted by Crippen LogP contribution is -2.12. The van der Waals surface area contributed by atoms with Crippen LogP contribution >= 0.6 is 11.8 Å². The van der Waals surface area contributed by atoms with Crippen molar-refractivity contribution >= 4 is 23.4 Å². The molecule has 0 aliphatic carbocycles. The monoisotopic (exact) mass is 355 g/mol. The number of hydrogen-bond acceptors (Lipinski definition) is 2. The van der Waals surface area contributed by atoms with Gasteiger partial charge in [0, 0.05) is 28.0 Å². The fourth-order valence-electron chi connectivity index (χ4n) is 2.21. The van der Waals surface area contributed by atoms with Crippen LogP contribution in [0.4, 0.5) is 14.5 Å². The van der Waals surface area contributed by atoms with Crippen molar-refractivity contribution in [2.75, 3.05) is 5.32 Å². The Labute approximate surface area is 148 Å². The normalized spacial score (nSPS) is 10.5. The zero-order chi connectivity index (χ0) is 17.6. The molecular formula is C20H15F2NOS. The summed E-state index contributed by atoms with van der Waals surface area (Å²) in [5.41, 5.74) is 1.77. The molecule has 0 spiro atoms. The fraction of sp³-hybridized carbons (Fsp3) is 0.0500. The van der Waals surface area contributed by atoms with Crippen molar-refractivity contribution in [2.45, 2.75) is 10.6 Å². The molecule has 3 aromatic carbocycles. The summed E-state index contributed by atoms with van der Waals surface area (Å²) in [7, 11) is 0. The molecule has 0 fully saturated rings. The Balaban J connectivity index is 1.61. The quantitative estimate of drug-likeness (QED) is 0.612. The SMILES string of the molecule is O=C(Nc1ccc(F)c(F)c1)c1ccc(CSc2ccccc2)cc1. The van der Waals surface area contributed by atoms with Gasteiger partial charge in [0.1, 0.15) is 0 Å². The van der Waals surface area contributed by atoms with Gasteiger partial charge in [-0.25, -0.2) is 8.78 Å². The van der Waals surface area contributed by atoms with Gasteiger partial charge in [-0.3, -0.25) is 4.79 Å². The molecule has 25 heavy (non-hydrogen) atoms. The highest BCUT2D eigenvalue weighted by atomic mass is 32.2. The third-order valence-electron chi connectivity index (χ3n) is 3.54. The summed E-state index contributed by atoms with van der Waals surface area (Å²) >= 11 is 1.72. The van der Waals surface area contributed by atoms with Crippen molar-refractivity contribution in [3.05, 3.63) is 95.6 Å². The smallest absolute Gasteiger partial charge is 0.255 e. The molecule has 0 aliphatic heterocycles. The molecule has 126 valence electrons. The van der Waals surface area contributed by atoms with Gasteiger partial charge in [-0.15, -0.1) is 11.8 Å². The molecule has 0 heterocycles. The van der Waals surface area contributed by atoms with Crippen molar-refractivity contribution in [1.82, 2.24) is 0 Å². The van der Waals surface area contributed by atoms with Crippen molar-refractivity contribution < 1.29 is 13.6 Å². The van der Waals surface area contributed by atoms with E-state index in [2.05, 4.69) is 5.32 Å². The first kappa shape index (κ1) is 17.2. The molecule has 1 amide bonds. The van der Waals surface area contributed by atoms with E-state index >= 15 is 0 Å². The van der Waals surface area contributed by atoms with Gasteiger partial charge in [0.2, 0.25) is 0 Å². The van der Waals surface area contributed by atoms with E-state index in [4.69, 9.17) is 0 Å². The summed E-state index contributed by atoms with van der Waals surface area (Å²) in [5, 5.41) is 2.55. The minimum atomic E-state index is -0.994. The summed E-state index contributed by atoms with van der Waals surface area (Å²) in [6, 6.07) is 20.5. The van der Waals surface area contributed by atoms with Gasteiger partial charge < -0.3 is 5.32 Å². The lowest BCUT2D eigenvalue weighted by Gasteiger charge is -2.07. The molecule has 0 saturated carbocycles. The summed E-state index contributed by atoms with van der Waals surface area (Å²) in [6.45, 7) is 0. The van der Waals surface area contributed by atoms with Crippen LogP contribution in [0.5, 0.6) is 0 Å². The first-order chi connectivity index (χ1) is 12.1. The van der Waals surface area contributed by atoms with Crippen LogP contribution in [0.25, 0.3) is 0 Å². The van der Waals surface area contributed by atoms with Crippen LogP contribution in [0, 0.1) is 11.6 Å². The van der Waals surface area contributed by atoms with Crippen molar-refractivity contribution in [3.8, 4) is 0 Å². The van der Waals surface area contributed by atoms with E-state index in [0.29, 0.717) is 5.56 Å². The summed E-state index contributed by atoms with van der Waals surface area (Å²) in [4.78, 5) is 13.4. The van der Waals surface area contributed by atoms with Crippen molar-refractivity contribution in [1.29, 1.82) is 0 Å². The van der Waals surface area contributed by atoms with E-state index < -0.39 is 11.6 Å². The summed E-state index contributed by atoms with van der Waals surface area (Å²) in [5.74, 6) is -1.51. The molecule has 2 nitrogen and oxygen atoms in total. The molecule has 5 heteroatoms. The van der Waals surface area contributed by atoms with E-state index in [-0.39, 0.29) is 11.6 Å². The second-order valence-electron chi connectivity index (χ2n) is 5.38. The van der Waals surface area contributed by atoms with Gasteiger partial charge in [0.25, 0.3) is 5.91 Å². The van der Waals surface area contributed by atoms with Crippen LogP contribution < -0.4 is 5.32 Å². The maximum atomic E-state index is 13.2. The van der Waals surface area contributed by atoms with Gasteiger partial charge in [0.05, 0.1) is 0 Å². The Morgan fingerprint density at radius 2 is 1.60 bits per heavy atom. The Morgan fingerprint density at radius 3 is 2.28 bits per heavy atom. The number of rotatable bonds is 5. The minimum absolute atomic E-state index is 0.215. The average molecular weight is 355 g/mol. The number of anilines is 1. The maximum absolute atomic E-state index is 13.2. The third kappa shape index (κ3) is 4.67. The predicted molar refractivity (Wildman–Crippen MR) is 96.8 cm³/mol. The van der Waals surface area contributed by atoms with Crippen LogP contribution in [0.15, 0.2) is 77.7 Å². The number of hydrogen-bond donors (Lipinski definition) is 1. The number of benzene rings is 3. The first-order valence-corrected chi connectivity index (χ1v) is 8.63. The summed E-state index contributed by atoms with van der Waals surface area (Å²) < 4.78 is 26.1. The topological polar surface area (TPSA) is 29.1 Å². The van der Waals surface area contributed by atoms with E-state index in [1.54, 1.807) is 23.9 Å². The highest BCUT2D eigenvalue weighted by Crippen LogP contribution is 2.22. The molecular weight excluding hydrogens is 340 g/mol. The molecule has 0 aromatic heterocycles. The number of amides is 1. The number of nitrogens with one attached hydrogen (secondary N) is 1. The van der Waals surface area contributed by atoms with Gasteiger partial charge in [-0.05, 0) is 42.0 Å². The van der Waals surface area contributed by atoms with Crippen LogP contribution in [0.2, 0.25) is 0 Å². The van der Waals surface area contributed by atoms with Crippen LogP contribution in [-0.2, 0) is 5.75 Å². The Hall–Kier alpha value is -2.66. The molecule has 0 bridgehead atoms. The standard InChI is InChI=1S/C20H15F2NOS/c21-18-11-10-16(12-19(18)22)23-20(24)15-8-6-14(7-9-15)13-25-17-4-2-1-3-5-17/h1-12H,13H2,(H,23,24). The van der Waals surface area contributed by atoms with Gasteiger partial charge >= 0.3 is 0 Å². The first-order valence-electron chi connectivity index (χ1n) is 7.65. The molecule has 0 unspecified atom stereocenters. The zero-order valence-electron chi connectivity index (χ0n) is 13.2. The predicted octanol–water partition coefficient (Wildman–Crippen LogP) is 5.51. The second kappa shape index (κ2) is 7.94. The highest BCUT2D eigenvalue weighted by molar-refractivity contribution is 7.98. The molecule has 0 atom stereocenters. The van der Waals surface area contributed by atoms with Crippen molar-refractivity contribution in [2.24, 2.45) is 0 Å². The minimum Gasteiger partial charge on any atom is -0.322 e. The molecule has 0 radical (unpaired) electrons. The van der Waals surface area contributed by atoms with Crippen molar-refractivity contribution in [3.63, 3.8) is 0 Å². The van der Waals surface area contributed by atoms with Crippen LogP contribution in [-0.4, -0.2) is 5.91 Å². The number of carbonyl (C=O) groups excluding carboxylic acids is 1. The van der Waals surface area contributed by atoms with Gasteiger partial charge in [0.15, 0.2) is 11.6 Å². The molecule has 0 saturated heterocycles. The Morgan fingerprint density at radius 1 is 0.880 bits per heavy atom. The Bertz CT molecular complexity index is 867. The second-order valence-corrected chi connectivity index (χ2v) is 6.43. The fourth-order valence-corrected chi connectivity index (χ4v) is 3.09. The molecule has 0 aliphatic rings. The maximum Gasteiger partial charge on any atom is 0.255 e. The Kier molecular flexibility index (Phi) is 5.46. The van der Waals surface area contributed by atoms with E-state index in [9.17, 15) is 13.6 Å². The molecule has 1 N–H and O–H groups in total. The van der Waals surface area contributed by atoms with Gasteiger partial charge in [-0.2, -0.15) is 0 Å². The lowest BCUT2D eigenvalue weighted by molar-refractivity contribution is 0.102. The number of carbonyl (C=O) groups is 1. The molecule has 3 aromatic rings. The van der Waals surface area contributed by atoms with Crippen LogP contribution in [0.1, 0.15) is 15.9 Å². The highest BCUT2D eigenvalue weighted by Gasteiger charge is 2.08. The largest absolute Gasteiger partial charge is 0.322 e. The lowest BCUT2D eigenvalue weighted by atomic mass is 10.1. The van der Waals surface area contributed by atoms with Gasteiger partial charge in [-0.1, -0.05) is 30.3 Å². The number of halogens is 2. The van der Waals surface area contributed by atoms with E-state index in [0.717, 1.165) is 23.4 Å². The van der Waals surface area contributed by atoms with Crippen LogP contribution in [0.3, 0.4) is 0 Å². The van der Waals surface area contributed by atoms with E-state index in [1.807, 2.05) is 42.5 Å². The zero-order valence-corrected chi connectivity index (χ0v) is 14.0. The molecule has 3 rings (SSSR count).